The molecule has 0 amide bonds. The lowest BCUT2D eigenvalue weighted by Gasteiger charge is -2.16. The molecule has 0 bridgehead atoms. The number of hydrogen-bond donors (Lipinski definition) is 3. The zero-order chi connectivity index (χ0) is 15.3. The first kappa shape index (κ1) is 16.6. The smallest absolute Gasteiger partial charge is 0.335 e. The number of benzene rings is 1. The van der Waals surface area contributed by atoms with Crippen molar-refractivity contribution in [2.45, 2.75) is 37.6 Å². The first-order valence-electron chi connectivity index (χ1n) is 6.35. The third-order valence-electron chi connectivity index (χ3n) is 3.02. The van der Waals surface area contributed by atoms with Gasteiger partial charge in [0.15, 0.2) is 0 Å². The zero-order valence-electron chi connectivity index (χ0n) is 11.5. The van der Waals surface area contributed by atoms with E-state index in [1.165, 1.54) is 12.1 Å². The minimum absolute atomic E-state index is 0.0493. The van der Waals surface area contributed by atoms with Crippen LogP contribution >= 0.6 is 0 Å². The molecule has 0 aromatic heterocycles. The van der Waals surface area contributed by atoms with E-state index < -0.39 is 22.0 Å². The van der Waals surface area contributed by atoms with Gasteiger partial charge in [-0.3, -0.25) is 0 Å². The zero-order valence-corrected chi connectivity index (χ0v) is 12.3. The highest BCUT2D eigenvalue weighted by Crippen LogP contribution is 2.19. The van der Waals surface area contributed by atoms with Gasteiger partial charge in [-0.2, -0.15) is 0 Å². The average Bonchev–Trinajstić information content (AvgIpc) is 2.43. The largest absolute Gasteiger partial charge is 0.478 e. The molecule has 0 aliphatic rings. The van der Waals surface area contributed by atoms with Gasteiger partial charge in [0.05, 0.1) is 17.1 Å². The summed E-state index contributed by atoms with van der Waals surface area (Å²) in [6, 6.07) is 3.44. The van der Waals surface area contributed by atoms with Gasteiger partial charge in [0, 0.05) is 6.04 Å². The minimum atomic E-state index is -3.86. The third-order valence-corrected chi connectivity index (χ3v) is 4.62. The Kier molecular flexibility index (Phi) is 5.67. The Morgan fingerprint density at radius 3 is 2.45 bits per heavy atom. The molecule has 112 valence electrons. The van der Waals surface area contributed by atoms with Gasteiger partial charge in [-0.1, -0.05) is 19.9 Å². The molecule has 0 aliphatic carbocycles. The molecule has 20 heavy (non-hydrogen) atoms. The monoisotopic (exact) mass is 301 g/mol. The number of carboxylic acid groups (broad SMARTS) is 1. The van der Waals surface area contributed by atoms with Crippen molar-refractivity contribution in [2.24, 2.45) is 0 Å². The van der Waals surface area contributed by atoms with E-state index in [0.29, 0.717) is 18.4 Å². The molecule has 7 heteroatoms. The van der Waals surface area contributed by atoms with E-state index in [-0.39, 0.29) is 17.1 Å². The van der Waals surface area contributed by atoms with Gasteiger partial charge in [-0.25, -0.2) is 17.9 Å². The number of aromatic carboxylic acids is 1. The first-order chi connectivity index (χ1) is 9.35. The molecule has 1 aromatic carbocycles. The number of aryl methyl sites for hydroxylation is 1. The molecule has 0 saturated heterocycles. The van der Waals surface area contributed by atoms with E-state index in [2.05, 4.69) is 4.72 Å². The Morgan fingerprint density at radius 1 is 1.35 bits per heavy atom. The van der Waals surface area contributed by atoms with E-state index in [1.807, 2.05) is 0 Å². The summed E-state index contributed by atoms with van der Waals surface area (Å²) in [5, 5.41) is 18.0. The van der Waals surface area contributed by atoms with Gasteiger partial charge in [-0.15, -0.1) is 0 Å². The van der Waals surface area contributed by atoms with Crippen LogP contribution in [0.4, 0.5) is 0 Å². The maximum Gasteiger partial charge on any atom is 0.335 e. The highest BCUT2D eigenvalue weighted by atomic mass is 32.2. The number of carbonyl (C=O) groups is 1. The van der Waals surface area contributed by atoms with Crippen LogP contribution in [0.15, 0.2) is 23.1 Å². The molecule has 0 spiro atoms. The second-order valence-corrected chi connectivity index (χ2v) is 6.07. The van der Waals surface area contributed by atoms with Crippen LogP contribution < -0.4 is 4.72 Å². The fraction of sp³-hybridized carbons (Fsp3) is 0.462. The standard InChI is InChI=1S/C13H19NO5S/c1-3-9-5-6-10(13(16)17)7-12(9)20(18,19)14-11(4-2)8-15/h5-7,11,14-15H,3-4,8H2,1-2H3,(H,16,17)/t11-/m1/s1. The molecular formula is C13H19NO5S. The molecule has 1 atom stereocenters. The molecule has 0 saturated carbocycles. The van der Waals surface area contributed by atoms with Gasteiger partial charge in [-0.05, 0) is 30.5 Å². The van der Waals surface area contributed by atoms with E-state index in [4.69, 9.17) is 10.2 Å². The van der Waals surface area contributed by atoms with Crippen molar-refractivity contribution in [3.8, 4) is 0 Å². The van der Waals surface area contributed by atoms with Crippen molar-refractivity contribution in [1.82, 2.24) is 4.72 Å². The number of hydrogen-bond acceptors (Lipinski definition) is 4. The Bertz CT molecular complexity index is 578. The highest BCUT2D eigenvalue weighted by molar-refractivity contribution is 7.89. The van der Waals surface area contributed by atoms with Crippen molar-refractivity contribution in [3.05, 3.63) is 29.3 Å². The quantitative estimate of drug-likeness (QED) is 0.697. The van der Waals surface area contributed by atoms with Gasteiger partial charge in [0.1, 0.15) is 0 Å². The molecule has 1 rings (SSSR count). The van der Waals surface area contributed by atoms with Crippen LogP contribution in [0.3, 0.4) is 0 Å². The first-order valence-corrected chi connectivity index (χ1v) is 7.83. The highest BCUT2D eigenvalue weighted by Gasteiger charge is 2.22. The van der Waals surface area contributed by atoms with E-state index in [9.17, 15) is 13.2 Å². The van der Waals surface area contributed by atoms with Crippen LogP contribution in [0.2, 0.25) is 0 Å². The summed E-state index contributed by atoms with van der Waals surface area (Å²) in [5.74, 6) is -1.18. The summed E-state index contributed by atoms with van der Waals surface area (Å²) >= 11 is 0. The van der Waals surface area contributed by atoms with Gasteiger partial charge in [0.2, 0.25) is 10.0 Å². The molecule has 0 radical (unpaired) electrons. The maximum absolute atomic E-state index is 12.3. The minimum Gasteiger partial charge on any atom is -0.478 e. The molecule has 0 unspecified atom stereocenters. The fourth-order valence-corrected chi connectivity index (χ4v) is 3.41. The van der Waals surface area contributed by atoms with Crippen molar-refractivity contribution in [3.63, 3.8) is 0 Å². The predicted octanol–water partition coefficient (Wildman–Crippen LogP) is 0.996. The Hall–Kier alpha value is -1.44. The second-order valence-electron chi connectivity index (χ2n) is 4.39. The number of aliphatic hydroxyl groups is 1. The van der Waals surface area contributed by atoms with Crippen molar-refractivity contribution >= 4 is 16.0 Å². The summed E-state index contributed by atoms with van der Waals surface area (Å²) in [7, 11) is -3.86. The van der Waals surface area contributed by atoms with Crippen LogP contribution in [-0.2, 0) is 16.4 Å². The predicted molar refractivity (Wildman–Crippen MR) is 74.3 cm³/mol. The van der Waals surface area contributed by atoms with Gasteiger partial charge >= 0.3 is 5.97 Å². The SMILES string of the molecule is CCc1ccc(C(=O)O)cc1S(=O)(=O)N[C@H](CC)CO. The summed E-state index contributed by atoms with van der Waals surface area (Å²) in [4.78, 5) is 10.9. The van der Waals surface area contributed by atoms with Gasteiger partial charge < -0.3 is 10.2 Å². The average molecular weight is 301 g/mol. The van der Waals surface area contributed by atoms with Crippen molar-refractivity contribution in [1.29, 1.82) is 0 Å². The van der Waals surface area contributed by atoms with Crippen LogP contribution in [0.25, 0.3) is 0 Å². The van der Waals surface area contributed by atoms with Crippen LogP contribution in [-0.4, -0.2) is 37.2 Å². The lowest BCUT2D eigenvalue weighted by atomic mass is 10.1. The fourth-order valence-electron chi connectivity index (χ4n) is 1.76. The van der Waals surface area contributed by atoms with Gasteiger partial charge in [0.25, 0.3) is 0 Å². The second kappa shape index (κ2) is 6.83. The van der Waals surface area contributed by atoms with E-state index in [1.54, 1.807) is 13.8 Å². The third kappa shape index (κ3) is 3.78. The van der Waals surface area contributed by atoms with Crippen molar-refractivity contribution < 1.29 is 23.4 Å². The Balaban J connectivity index is 3.28. The van der Waals surface area contributed by atoms with E-state index in [0.717, 1.165) is 6.07 Å². The molecular weight excluding hydrogens is 282 g/mol. The summed E-state index contributed by atoms with van der Waals surface area (Å²) in [5.41, 5.74) is 0.454. The number of rotatable bonds is 7. The molecule has 1 aromatic rings. The van der Waals surface area contributed by atoms with Crippen LogP contribution in [0.5, 0.6) is 0 Å². The van der Waals surface area contributed by atoms with Crippen molar-refractivity contribution in [2.75, 3.05) is 6.61 Å². The normalized spacial score (nSPS) is 13.2. The van der Waals surface area contributed by atoms with E-state index >= 15 is 0 Å². The number of sulfonamides is 1. The molecule has 0 heterocycles. The molecule has 3 N–H and O–H groups in total. The molecule has 0 fully saturated rings. The number of nitrogens with one attached hydrogen (secondary N) is 1. The Labute approximate surface area is 118 Å². The number of carboxylic acids is 1. The summed E-state index contributed by atoms with van der Waals surface area (Å²) in [6.07, 6.45) is 0.905. The lowest BCUT2D eigenvalue weighted by molar-refractivity contribution is 0.0696. The molecule has 0 aliphatic heterocycles. The molecule has 6 nitrogen and oxygen atoms in total. The summed E-state index contributed by atoms with van der Waals surface area (Å²) in [6.45, 7) is 3.23. The maximum atomic E-state index is 12.3. The number of aliphatic hydroxyl groups excluding tert-OH is 1. The van der Waals surface area contributed by atoms with Crippen LogP contribution in [0, 0.1) is 0 Å². The lowest BCUT2D eigenvalue weighted by Crippen LogP contribution is -2.37. The van der Waals surface area contributed by atoms with Crippen LogP contribution in [0.1, 0.15) is 36.2 Å². The topological polar surface area (TPSA) is 104 Å². The summed E-state index contributed by atoms with van der Waals surface area (Å²) < 4.78 is 27.0. The Morgan fingerprint density at radius 2 is 2.00 bits per heavy atom.